The third-order valence-electron chi connectivity index (χ3n) is 3.43. The van der Waals surface area contributed by atoms with E-state index in [-0.39, 0.29) is 64.0 Å². The van der Waals surface area contributed by atoms with Gasteiger partial charge in [0.25, 0.3) is 0 Å². The maximum Gasteiger partial charge on any atom is 1.00 e. The Hall–Kier alpha value is 0.986. The second-order valence-electron chi connectivity index (χ2n) is 5.34. The molecule has 0 spiro atoms. The number of phosphoric ester groups is 1. The second-order valence-corrected chi connectivity index (χ2v) is 8.21. The van der Waals surface area contributed by atoms with Gasteiger partial charge in [0.15, 0.2) is 5.75 Å². The van der Waals surface area contributed by atoms with Crippen LogP contribution >= 0.6 is 39.7 Å². The Morgan fingerprint density at radius 2 is 1.52 bits per heavy atom. The average Bonchev–Trinajstić information content (AvgIpc) is 2.42. The zero-order valence-corrected chi connectivity index (χ0v) is 20.1. The summed E-state index contributed by atoms with van der Waals surface area (Å²) in [6.07, 6.45) is 0. The van der Waals surface area contributed by atoms with Crippen molar-refractivity contribution >= 4 is 39.7 Å². The molecule has 0 aromatic heterocycles. The Labute approximate surface area is 196 Å². The molecule has 4 nitrogen and oxygen atoms in total. The first-order valence-corrected chi connectivity index (χ1v) is 9.53. The zero-order chi connectivity index (χ0) is 16.5. The van der Waals surface area contributed by atoms with Crippen LogP contribution in [0.3, 0.4) is 0 Å². The third kappa shape index (κ3) is 5.74. The van der Waals surface area contributed by atoms with Crippen molar-refractivity contribution in [3.05, 3.63) is 62.5 Å². The molecule has 0 heterocycles. The molecule has 0 fully saturated rings. The van der Waals surface area contributed by atoms with Crippen LogP contribution in [0.2, 0.25) is 0 Å². The van der Waals surface area contributed by atoms with Gasteiger partial charge < -0.3 is 5.95 Å². The molecule has 0 saturated carbocycles. The summed E-state index contributed by atoms with van der Waals surface area (Å²) in [5.74, 6) is 0.0842. The van der Waals surface area contributed by atoms with Crippen molar-refractivity contribution in [2.75, 3.05) is 0 Å². The molecule has 0 aliphatic heterocycles. The Bertz CT molecular complexity index is 715. The van der Waals surface area contributed by atoms with Crippen LogP contribution in [-0.2, 0) is 9.98 Å². The number of benzene rings is 2. The van der Waals surface area contributed by atoms with Gasteiger partial charge >= 0.3 is 59.2 Å². The second kappa shape index (κ2) is 8.58. The fraction of sp³-hybridized carbons (Fsp3) is 0.200. The van der Waals surface area contributed by atoms with Crippen LogP contribution in [-0.4, -0.2) is 9.79 Å². The molecule has 0 saturated heterocycles. The van der Waals surface area contributed by atoms with Crippen molar-refractivity contribution in [3.63, 3.8) is 0 Å². The van der Waals surface area contributed by atoms with Crippen LogP contribution in [0.5, 0.6) is 5.75 Å². The fourth-order valence-electron chi connectivity index (χ4n) is 2.15. The standard InChI is InChI=1S/C15H15Br2O4P.K.H/c1-15(2,10-6-4-3-5-7-10)11-8-12(16)14(13(17)9-11)21-22(18,19)20;;/h3-9H,1-2H3,(H2,18,19,20);;/q;+1;-1. The van der Waals surface area contributed by atoms with Crippen molar-refractivity contribution in [3.8, 4) is 5.75 Å². The summed E-state index contributed by atoms with van der Waals surface area (Å²) in [6, 6.07) is 13.6. The van der Waals surface area contributed by atoms with Crippen molar-refractivity contribution < 1.29 is 71.7 Å². The van der Waals surface area contributed by atoms with Gasteiger partial charge in [0.1, 0.15) is 0 Å². The molecule has 23 heavy (non-hydrogen) atoms. The minimum Gasteiger partial charge on any atom is -1.00 e. The van der Waals surface area contributed by atoms with Crippen molar-refractivity contribution in [2.24, 2.45) is 0 Å². The molecular weight excluding hydrogens is 474 g/mol. The number of halogens is 2. The number of hydrogen-bond donors (Lipinski definition) is 2. The molecule has 2 N–H and O–H groups in total. The van der Waals surface area contributed by atoms with Gasteiger partial charge in [-0.1, -0.05) is 44.2 Å². The van der Waals surface area contributed by atoms with E-state index in [1.165, 1.54) is 0 Å². The van der Waals surface area contributed by atoms with Crippen molar-refractivity contribution in [1.82, 2.24) is 0 Å². The molecule has 0 aliphatic carbocycles. The summed E-state index contributed by atoms with van der Waals surface area (Å²) in [4.78, 5) is 17.9. The van der Waals surface area contributed by atoms with Crippen LogP contribution in [0.4, 0.5) is 0 Å². The molecule has 0 aliphatic rings. The topological polar surface area (TPSA) is 66.8 Å². The summed E-state index contributed by atoms with van der Waals surface area (Å²) in [6.45, 7) is 4.17. The summed E-state index contributed by atoms with van der Waals surface area (Å²) >= 11 is 6.63. The van der Waals surface area contributed by atoms with E-state index in [2.05, 4.69) is 45.7 Å². The molecule has 0 bridgehead atoms. The Balaban J connectivity index is 0.00000264. The molecule has 2 aromatic carbocycles. The Morgan fingerprint density at radius 1 is 1.04 bits per heavy atom. The van der Waals surface area contributed by atoms with Crippen molar-refractivity contribution in [1.29, 1.82) is 0 Å². The Kier molecular flexibility index (Phi) is 8.22. The summed E-state index contributed by atoms with van der Waals surface area (Å²) in [5, 5.41) is 0. The minimum atomic E-state index is -4.62. The van der Waals surface area contributed by atoms with Crippen molar-refractivity contribution in [2.45, 2.75) is 19.3 Å². The molecule has 0 amide bonds. The molecule has 2 aromatic rings. The van der Waals surface area contributed by atoms with Gasteiger partial charge in [-0.25, -0.2) is 4.57 Å². The van der Waals surface area contributed by atoms with Crippen LogP contribution in [0.25, 0.3) is 0 Å². The van der Waals surface area contributed by atoms with E-state index in [9.17, 15) is 4.57 Å². The minimum absolute atomic E-state index is 0. The average molecular weight is 490 g/mol. The van der Waals surface area contributed by atoms with E-state index in [0.717, 1.165) is 11.1 Å². The van der Waals surface area contributed by atoms with Gasteiger partial charge in [-0.05, 0) is 55.1 Å². The first-order chi connectivity index (χ1) is 10.1. The predicted molar refractivity (Wildman–Crippen MR) is 94.2 cm³/mol. The first-order valence-electron chi connectivity index (χ1n) is 6.41. The zero-order valence-electron chi connectivity index (χ0n) is 14.0. The number of hydrogen-bond acceptors (Lipinski definition) is 2. The fourth-order valence-corrected chi connectivity index (χ4v) is 4.18. The van der Waals surface area contributed by atoms with E-state index >= 15 is 0 Å². The Morgan fingerprint density at radius 3 is 1.96 bits per heavy atom. The van der Waals surface area contributed by atoms with E-state index in [4.69, 9.17) is 14.3 Å². The molecule has 120 valence electrons. The van der Waals surface area contributed by atoms with Crippen LogP contribution < -0.4 is 55.9 Å². The van der Waals surface area contributed by atoms with Gasteiger partial charge in [0, 0.05) is 5.41 Å². The normalized spacial score (nSPS) is 11.7. The van der Waals surface area contributed by atoms with Crippen LogP contribution in [0.15, 0.2) is 51.4 Å². The largest absolute Gasteiger partial charge is 1.00 e. The maximum atomic E-state index is 11.0. The predicted octanol–water partition coefficient (Wildman–Crippen LogP) is 2.13. The van der Waals surface area contributed by atoms with Gasteiger partial charge in [-0.15, -0.1) is 0 Å². The third-order valence-corrected chi connectivity index (χ3v) is 5.02. The quantitative estimate of drug-likeness (QED) is 0.510. The first kappa shape index (κ1) is 22.0. The summed E-state index contributed by atoms with van der Waals surface area (Å²) in [7, 11) is -4.62. The van der Waals surface area contributed by atoms with Crippen LogP contribution in [0.1, 0.15) is 26.4 Å². The van der Waals surface area contributed by atoms with Gasteiger partial charge in [-0.2, -0.15) is 0 Å². The number of rotatable bonds is 4. The van der Waals surface area contributed by atoms with E-state index < -0.39 is 7.82 Å². The monoisotopic (exact) mass is 488 g/mol. The molecule has 0 unspecified atom stereocenters. The molecule has 2 rings (SSSR count). The molecule has 0 radical (unpaired) electrons. The smallest absolute Gasteiger partial charge is 1.00 e. The molecular formula is C15H16Br2KO4P. The van der Waals surface area contributed by atoms with Crippen LogP contribution in [0, 0.1) is 0 Å². The van der Waals surface area contributed by atoms with E-state index in [1.807, 2.05) is 42.5 Å². The maximum absolute atomic E-state index is 11.0. The summed E-state index contributed by atoms with van der Waals surface area (Å²) < 4.78 is 16.7. The summed E-state index contributed by atoms with van der Waals surface area (Å²) in [5.41, 5.74) is 1.85. The van der Waals surface area contributed by atoms with Gasteiger partial charge in [-0.3, -0.25) is 9.79 Å². The number of phosphoric acid groups is 1. The van der Waals surface area contributed by atoms with Gasteiger partial charge in [0.2, 0.25) is 0 Å². The SMILES string of the molecule is CC(C)(c1ccccc1)c1cc(Br)c(OP(=O)(O)O)c(Br)c1.[H-].[K+]. The van der Waals surface area contributed by atoms with E-state index in [1.54, 1.807) is 0 Å². The van der Waals surface area contributed by atoms with E-state index in [0.29, 0.717) is 8.95 Å². The molecule has 8 heteroatoms. The molecule has 0 atom stereocenters. The van der Waals surface area contributed by atoms with Gasteiger partial charge in [0.05, 0.1) is 8.95 Å².